The Labute approximate surface area is 189 Å². The number of halogens is 2. The van der Waals surface area contributed by atoms with Crippen molar-refractivity contribution >= 4 is 48.4 Å². The van der Waals surface area contributed by atoms with Crippen LogP contribution in [0.5, 0.6) is 5.88 Å². The smallest absolute Gasteiger partial charge is 0.247 e. The first-order valence-corrected chi connectivity index (χ1v) is 14.0. The summed E-state index contributed by atoms with van der Waals surface area (Å²) in [5.41, 5.74) is 0.934. The molecule has 0 bridgehead atoms. The largest absolute Gasteiger partial charge is 0.473 e. The van der Waals surface area contributed by atoms with Gasteiger partial charge >= 0.3 is 0 Å². The van der Waals surface area contributed by atoms with Crippen LogP contribution in [0.25, 0.3) is 0 Å². The Morgan fingerprint density at radius 1 is 1.32 bits per heavy atom. The minimum Gasteiger partial charge on any atom is -0.473 e. The summed E-state index contributed by atoms with van der Waals surface area (Å²) >= 11 is 8.20. The fourth-order valence-electron chi connectivity index (χ4n) is 2.30. The quantitative estimate of drug-likeness (QED) is 0.253. The molecule has 0 spiro atoms. The number of ether oxygens (including phenoxy) is 1. The number of rotatable bonds is 9. The molecule has 1 aromatic rings. The summed E-state index contributed by atoms with van der Waals surface area (Å²) in [6.07, 6.45) is 0.0235. The molecule has 9 heteroatoms. The Hall–Kier alpha value is -0.323. The van der Waals surface area contributed by atoms with E-state index in [2.05, 4.69) is 61.6 Å². The average Bonchev–Trinajstić information content (AvgIpc) is 2.81. The van der Waals surface area contributed by atoms with Gasteiger partial charge in [0.25, 0.3) is 0 Å². The summed E-state index contributed by atoms with van der Waals surface area (Å²) in [6, 6.07) is 0. The van der Waals surface area contributed by atoms with E-state index in [0.29, 0.717) is 25.6 Å². The fraction of sp³-hybridized carbons (Fsp3) is 0.789. The minimum atomic E-state index is -1.83. The molecular formula is C19H35ClIN3O3Si. The molecule has 162 valence electrons. The molecule has 0 N–H and O–H groups in total. The first-order chi connectivity index (χ1) is 12.7. The summed E-state index contributed by atoms with van der Waals surface area (Å²) in [4.78, 5) is 13.8. The van der Waals surface area contributed by atoms with Crippen LogP contribution in [-0.4, -0.2) is 54.0 Å². The van der Waals surface area contributed by atoms with Crippen LogP contribution in [0.2, 0.25) is 18.1 Å². The SMILES string of the molecule is CC(C)Oc1nn(CCO[Si](C)(C)C(C)(C)C)c(CN(C)C(=O)C(C)Cl)c1I. The summed E-state index contributed by atoms with van der Waals surface area (Å²) in [5.74, 6) is 0.478. The predicted octanol–water partition coefficient (Wildman–Crippen LogP) is 4.88. The van der Waals surface area contributed by atoms with Crippen molar-refractivity contribution in [2.45, 2.75) is 84.2 Å². The van der Waals surface area contributed by atoms with Crippen molar-refractivity contribution in [2.75, 3.05) is 13.7 Å². The zero-order valence-electron chi connectivity index (χ0n) is 18.6. The molecule has 1 amide bonds. The van der Waals surface area contributed by atoms with Gasteiger partial charge in [0, 0.05) is 7.05 Å². The number of carbonyl (C=O) groups is 1. The van der Waals surface area contributed by atoms with Crippen LogP contribution in [-0.2, 0) is 22.3 Å². The second kappa shape index (κ2) is 10.1. The minimum absolute atomic E-state index is 0.0235. The fourth-order valence-corrected chi connectivity index (χ4v) is 4.18. The number of alkyl halides is 1. The van der Waals surface area contributed by atoms with Crippen LogP contribution in [0, 0.1) is 3.57 Å². The van der Waals surface area contributed by atoms with Crippen molar-refractivity contribution in [3.8, 4) is 5.88 Å². The van der Waals surface area contributed by atoms with Crippen LogP contribution in [0.15, 0.2) is 0 Å². The van der Waals surface area contributed by atoms with Crippen molar-refractivity contribution in [3.05, 3.63) is 9.26 Å². The molecule has 0 aliphatic carbocycles. The molecule has 0 aliphatic heterocycles. The van der Waals surface area contributed by atoms with E-state index in [1.165, 1.54) is 0 Å². The van der Waals surface area contributed by atoms with Crippen molar-refractivity contribution in [1.82, 2.24) is 14.7 Å². The molecule has 28 heavy (non-hydrogen) atoms. The summed E-state index contributed by atoms with van der Waals surface area (Å²) in [7, 11) is -0.0764. The highest BCUT2D eigenvalue weighted by molar-refractivity contribution is 14.1. The first kappa shape index (κ1) is 25.7. The second-order valence-electron chi connectivity index (χ2n) is 8.87. The third-order valence-corrected chi connectivity index (χ3v) is 10.8. The molecule has 1 heterocycles. The molecule has 0 radical (unpaired) electrons. The lowest BCUT2D eigenvalue weighted by Crippen LogP contribution is -2.41. The summed E-state index contributed by atoms with van der Waals surface area (Å²) < 4.78 is 15.0. The number of nitrogens with zero attached hydrogens (tertiary/aromatic N) is 3. The normalized spacial score (nSPS) is 13.7. The van der Waals surface area contributed by atoms with Gasteiger partial charge in [-0.3, -0.25) is 9.48 Å². The molecule has 1 rings (SSSR count). The first-order valence-electron chi connectivity index (χ1n) is 9.62. The zero-order chi connectivity index (χ0) is 21.9. The lowest BCUT2D eigenvalue weighted by molar-refractivity contribution is -0.129. The van der Waals surface area contributed by atoms with E-state index in [1.807, 2.05) is 18.5 Å². The van der Waals surface area contributed by atoms with Crippen molar-refractivity contribution in [1.29, 1.82) is 0 Å². The van der Waals surface area contributed by atoms with E-state index in [4.69, 9.17) is 20.8 Å². The van der Waals surface area contributed by atoms with Gasteiger partial charge in [0.05, 0.1) is 35.1 Å². The molecule has 0 saturated heterocycles. The molecule has 1 unspecified atom stereocenters. The summed E-state index contributed by atoms with van der Waals surface area (Å²) in [5, 5.41) is 4.23. The van der Waals surface area contributed by atoms with Gasteiger partial charge < -0.3 is 14.1 Å². The summed E-state index contributed by atoms with van der Waals surface area (Å²) in [6.45, 7) is 18.4. The molecule has 1 atom stereocenters. The molecule has 0 aliphatic rings. The Bertz CT molecular complexity index is 672. The molecular weight excluding hydrogens is 509 g/mol. The Morgan fingerprint density at radius 2 is 1.89 bits per heavy atom. The van der Waals surface area contributed by atoms with E-state index >= 15 is 0 Å². The zero-order valence-corrected chi connectivity index (χ0v) is 22.5. The number of amides is 1. The topological polar surface area (TPSA) is 56.6 Å². The van der Waals surface area contributed by atoms with Gasteiger partial charge in [0.15, 0.2) is 8.32 Å². The molecule has 1 aromatic heterocycles. The van der Waals surface area contributed by atoms with Crippen LogP contribution in [0.1, 0.15) is 47.2 Å². The van der Waals surface area contributed by atoms with Crippen LogP contribution < -0.4 is 4.74 Å². The van der Waals surface area contributed by atoms with Crippen LogP contribution >= 0.6 is 34.2 Å². The predicted molar refractivity (Wildman–Crippen MR) is 126 cm³/mol. The van der Waals surface area contributed by atoms with Gasteiger partial charge in [-0.2, -0.15) is 0 Å². The van der Waals surface area contributed by atoms with Gasteiger partial charge in [-0.1, -0.05) is 20.8 Å². The Kier molecular flexibility index (Phi) is 9.30. The molecule has 0 saturated carbocycles. The van der Waals surface area contributed by atoms with E-state index < -0.39 is 13.7 Å². The lowest BCUT2D eigenvalue weighted by Gasteiger charge is -2.36. The maximum absolute atomic E-state index is 12.2. The van der Waals surface area contributed by atoms with Gasteiger partial charge in [-0.25, -0.2) is 0 Å². The van der Waals surface area contributed by atoms with E-state index in [1.54, 1.807) is 18.9 Å². The van der Waals surface area contributed by atoms with Crippen molar-refractivity contribution in [3.63, 3.8) is 0 Å². The second-order valence-corrected chi connectivity index (χ2v) is 15.4. The molecule has 0 fully saturated rings. The standard InChI is InChI=1S/C19H35ClIN3O3Si/c1-13(2)27-17-16(21)15(12-23(7)18(25)14(3)20)24(22-17)10-11-26-28(8,9)19(4,5)6/h13-14H,10-12H2,1-9H3. The number of hydrogen-bond donors (Lipinski definition) is 0. The van der Waals surface area contributed by atoms with Crippen molar-refractivity contribution < 1.29 is 14.0 Å². The van der Waals surface area contributed by atoms with Crippen molar-refractivity contribution in [2.24, 2.45) is 0 Å². The van der Waals surface area contributed by atoms with Gasteiger partial charge in [-0.15, -0.1) is 16.7 Å². The maximum Gasteiger partial charge on any atom is 0.247 e. The highest BCUT2D eigenvalue weighted by Crippen LogP contribution is 2.36. The van der Waals surface area contributed by atoms with E-state index in [-0.39, 0.29) is 17.0 Å². The van der Waals surface area contributed by atoms with Gasteiger partial charge in [0.1, 0.15) is 5.38 Å². The monoisotopic (exact) mass is 543 g/mol. The van der Waals surface area contributed by atoms with Crippen LogP contribution in [0.4, 0.5) is 0 Å². The van der Waals surface area contributed by atoms with E-state index in [9.17, 15) is 4.79 Å². The Morgan fingerprint density at radius 3 is 2.36 bits per heavy atom. The highest BCUT2D eigenvalue weighted by Gasteiger charge is 2.37. The van der Waals surface area contributed by atoms with Gasteiger partial charge in [0.2, 0.25) is 11.8 Å². The highest BCUT2D eigenvalue weighted by atomic mass is 127. The van der Waals surface area contributed by atoms with Gasteiger partial charge in [-0.05, 0) is 61.5 Å². The lowest BCUT2D eigenvalue weighted by atomic mass is 10.2. The third kappa shape index (κ3) is 6.88. The molecule has 6 nitrogen and oxygen atoms in total. The number of carbonyl (C=O) groups excluding carboxylic acids is 1. The average molecular weight is 544 g/mol. The Balaban J connectivity index is 3.03. The molecule has 0 aromatic carbocycles. The number of hydrogen-bond acceptors (Lipinski definition) is 4. The number of aromatic nitrogens is 2. The third-order valence-electron chi connectivity index (χ3n) is 4.99. The van der Waals surface area contributed by atoms with E-state index in [0.717, 1.165) is 9.26 Å². The maximum atomic E-state index is 12.2. The van der Waals surface area contributed by atoms with Crippen LogP contribution in [0.3, 0.4) is 0 Å².